The van der Waals surface area contributed by atoms with Crippen LogP contribution in [0.1, 0.15) is 30.9 Å². The predicted octanol–water partition coefficient (Wildman–Crippen LogP) is 4.38. The van der Waals surface area contributed by atoms with E-state index >= 15 is 0 Å². The lowest BCUT2D eigenvalue weighted by atomic mass is 9.95. The minimum Gasteiger partial charge on any atom is -0.256 e. The molecular formula is C13H12F3N. The van der Waals surface area contributed by atoms with Crippen molar-refractivity contribution in [3.8, 4) is 0 Å². The molecule has 0 aliphatic heterocycles. The van der Waals surface area contributed by atoms with Crippen molar-refractivity contribution in [2.24, 2.45) is 0 Å². The number of nitrogens with zero attached hydrogens (tertiary/aromatic N) is 1. The van der Waals surface area contributed by atoms with Gasteiger partial charge in [-0.3, -0.25) is 4.98 Å². The van der Waals surface area contributed by atoms with Crippen molar-refractivity contribution in [2.45, 2.75) is 25.9 Å². The van der Waals surface area contributed by atoms with Gasteiger partial charge in [-0.25, -0.2) is 0 Å². The van der Waals surface area contributed by atoms with Gasteiger partial charge in [0.15, 0.2) is 0 Å². The Morgan fingerprint density at radius 1 is 1.12 bits per heavy atom. The van der Waals surface area contributed by atoms with Crippen LogP contribution in [0.5, 0.6) is 0 Å². The number of rotatable bonds is 1. The molecule has 0 spiro atoms. The summed E-state index contributed by atoms with van der Waals surface area (Å²) in [6, 6.07) is 5.76. The highest BCUT2D eigenvalue weighted by atomic mass is 19.4. The Kier molecular flexibility index (Phi) is 2.81. The van der Waals surface area contributed by atoms with E-state index in [1.807, 2.05) is 13.8 Å². The molecule has 0 saturated heterocycles. The molecular weight excluding hydrogens is 227 g/mol. The third-order valence-electron chi connectivity index (χ3n) is 2.73. The molecule has 0 unspecified atom stereocenters. The highest BCUT2D eigenvalue weighted by Crippen LogP contribution is 2.37. The van der Waals surface area contributed by atoms with Gasteiger partial charge in [0.1, 0.15) is 0 Å². The van der Waals surface area contributed by atoms with Crippen LogP contribution in [0.25, 0.3) is 10.9 Å². The summed E-state index contributed by atoms with van der Waals surface area (Å²) in [6.45, 7) is 3.75. The van der Waals surface area contributed by atoms with Crippen LogP contribution >= 0.6 is 0 Å². The van der Waals surface area contributed by atoms with Gasteiger partial charge in [-0.05, 0) is 29.7 Å². The Morgan fingerprint density at radius 2 is 1.82 bits per heavy atom. The molecule has 90 valence electrons. The van der Waals surface area contributed by atoms with Crippen LogP contribution in [0, 0.1) is 0 Å². The molecule has 0 saturated carbocycles. The molecule has 0 amide bonds. The van der Waals surface area contributed by atoms with E-state index < -0.39 is 11.7 Å². The number of benzene rings is 1. The van der Waals surface area contributed by atoms with Crippen molar-refractivity contribution in [3.05, 3.63) is 41.6 Å². The molecule has 1 aromatic carbocycles. The smallest absolute Gasteiger partial charge is 0.256 e. The van der Waals surface area contributed by atoms with E-state index in [2.05, 4.69) is 4.98 Å². The second-order valence-electron chi connectivity index (χ2n) is 4.25. The highest BCUT2D eigenvalue weighted by molar-refractivity contribution is 5.86. The monoisotopic (exact) mass is 239 g/mol. The van der Waals surface area contributed by atoms with Gasteiger partial charge in [-0.15, -0.1) is 0 Å². The van der Waals surface area contributed by atoms with Crippen LogP contribution in [-0.4, -0.2) is 4.98 Å². The fourth-order valence-electron chi connectivity index (χ4n) is 1.95. The molecule has 0 aliphatic carbocycles. The van der Waals surface area contributed by atoms with Crippen LogP contribution < -0.4 is 0 Å². The van der Waals surface area contributed by atoms with E-state index in [0.717, 1.165) is 6.07 Å². The van der Waals surface area contributed by atoms with Gasteiger partial charge in [0, 0.05) is 11.6 Å². The molecule has 0 aliphatic rings. The minimum atomic E-state index is -4.34. The topological polar surface area (TPSA) is 12.9 Å². The molecule has 0 atom stereocenters. The summed E-state index contributed by atoms with van der Waals surface area (Å²) in [6.07, 6.45) is -2.79. The van der Waals surface area contributed by atoms with Crippen LogP contribution in [0.15, 0.2) is 30.5 Å². The number of hydrogen-bond donors (Lipinski definition) is 0. The largest absolute Gasteiger partial charge is 0.417 e. The molecule has 0 bridgehead atoms. The summed E-state index contributed by atoms with van der Waals surface area (Å²) in [5.74, 6) is 0.0315. The first-order valence-electron chi connectivity index (χ1n) is 5.36. The van der Waals surface area contributed by atoms with E-state index in [1.165, 1.54) is 6.07 Å². The number of fused-ring (bicyclic) bond motifs is 1. The standard InChI is InChI=1S/C13H12F3N/c1-8(2)9-6-7-17-11-5-3-4-10(12(9)11)13(14,15)16/h3-8H,1-2H3. The molecule has 1 aromatic heterocycles. The maximum atomic E-state index is 12.9. The lowest BCUT2D eigenvalue weighted by Crippen LogP contribution is -2.07. The number of aromatic nitrogens is 1. The first kappa shape index (κ1) is 11.9. The van der Waals surface area contributed by atoms with Crippen molar-refractivity contribution in [3.63, 3.8) is 0 Å². The molecule has 17 heavy (non-hydrogen) atoms. The van der Waals surface area contributed by atoms with Crippen LogP contribution in [0.2, 0.25) is 0 Å². The van der Waals surface area contributed by atoms with Gasteiger partial charge in [0.05, 0.1) is 11.1 Å². The van der Waals surface area contributed by atoms with Crippen molar-refractivity contribution < 1.29 is 13.2 Å². The highest BCUT2D eigenvalue weighted by Gasteiger charge is 2.33. The predicted molar refractivity (Wildman–Crippen MR) is 60.8 cm³/mol. The van der Waals surface area contributed by atoms with E-state index in [9.17, 15) is 13.2 Å². The first-order chi connectivity index (χ1) is 7.91. The summed E-state index contributed by atoms with van der Waals surface area (Å²) in [5, 5.41) is 0.220. The van der Waals surface area contributed by atoms with E-state index in [1.54, 1.807) is 18.3 Å². The average molecular weight is 239 g/mol. The average Bonchev–Trinajstić information content (AvgIpc) is 2.26. The van der Waals surface area contributed by atoms with Crippen LogP contribution in [0.4, 0.5) is 13.2 Å². The number of hydrogen-bond acceptors (Lipinski definition) is 1. The zero-order valence-corrected chi connectivity index (χ0v) is 9.55. The Morgan fingerprint density at radius 3 is 2.41 bits per heavy atom. The zero-order chi connectivity index (χ0) is 12.6. The maximum absolute atomic E-state index is 12.9. The molecule has 0 N–H and O–H groups in total. The van der Waals surface area contributed by atoms with Gasteiger partial charge in [0.2, 0.25) is 0 Å². The lowest BCUT2D eigenvalue weighted by molar-refractivity contribution is -0.136. The molecule has 1 heterocycles. The quantitative estimate of drug-likeness (QED) is 0.719. The molecule has 1 nitrogen and oxygen atoms in total. The summed E-state index contributed by atoms with van der Waals surface area (Å²) in [5.41, 5.74) is 0.473. The molecule has 2 aromatic rings. The molecule has 0 radical (unpaired) electrons. The lowest BCUT2D eigenvalue weighted by Gasteiger charge is -2.15. The van der Waals surface area contributed by atoms with E-state index in [0.29, 0.717) is 11.1 Å². The van der Waals surface area contributed by atoms with Crippen LogP contribution in [-0.2, 0) is 6.18 Å². The Labute approximate surface area is 97.3 Å². The fourth-order valence-corrected chi connectivity index (χ4v) is 1.95. The van der Waals surface area contributed by atoms with Crippen molar-refractivity contribution >= 4 is 10.9 Å². The second-order valence-corrected chi connectivity index (χ2v) is 4.25. The molecule has 0 fully saturated rings. The molecule has 2 rings (SSSR count). The van der Waals surface area contributed by atoms with Gasteiger partial charge in [-0.2, -0.15) is 13.2 Å². The van der Waals surface area contributed by atoms with Crippen molar-refractivity contribution in [2.75, 3.05) is 0 Å². The fraction of sp³-hybridized carbons (Fsp3) is 0.308. The van der Waals surface area contributed by atoms with Crippen LogP contribution in [0.3, 0.4) is 0 Å². The zero-order valence-electron chi connectivity index (χ0n) is 9.55. The third kappa shape index (κ3) is 2.12. The Balaban J connectivity index is 2.86. The summed E-state index contributed by atoms with van der Waals surface area (Å²) < 4.78 is 38.8. The summed E-state index contributed by atoms with van der Waals surface area (Å²) in [4.78, 5) is 4.00. The number of pyridine rings is 1. The van der Waals surface area contributed by atoms with Crippen molar-refractivity contribution in [1.29, 1.82) is 0 Å². The second kappa shape index (κ2) is 4.02. The minimum absolute atomic E-state index is 0.0315. The van der Waals surface area contributed by atoms with Gasteiger partial charge in [0.25, 0.3) is 0 Å². The summed E-state index contributed by atoms with van der Waals surface area (Å²) >= 11 is 0. The van der Waals surface area contributed by atoms with Crippen molar-refractivity contribution in [1.82, 2.24) is 4.98 Å². The third-order valence-corrected chi connectivity index (χ3v) is 2.73. The number of halogens is 3. The Bertz CT molecular complexity index is 539. The normalized spacial score (nSPS) is 12.4. The number of alkyl halides is 3. The maximum Gasteiger partial charge on any atom is 0.417 e. The molecule has 4 heteroatoms. The van der Waals surface area contributed by atoms with Gasteiger partial charge < -0.3 is 0 Å². The van der Waals surface area contributed by atoms with E-state index in [-0.39, 0.29) is 11.3 Å². The Hall–Kier alpha value is -1.58. The first-order valence-corrected chi connectivity index (χ1v) is 5.36. The van der Waals surface area contributed by atoms with Gasteiger partial charge in [-0.1, -0.05) is 19.9 Å². The SMILES string of the molecule is CC(C)c1ccnc2cccc(C(F)(F)F)c12. The van der Waals surface area contributed by atoms with Gasteiger partial charge >= 0.3 is 6.18 Å². The van der Waals surface area contributed by atoms with E-state index in [4.69, 9.17) is 0 Å². The summed E-state index contributed by atoms with van der Waals surface area (Å²) in [7, 11) is 0.